The van der Waals surface area contributed by atoms with Crippen molar-refractivity contribution in [3.05, 3.63) is 58.1 Å². The maximum atomic E-state index is 10.8. The normalized spacial score (nSPS) is 15.9. The number of rotatable bonds is 8. The Balaban J connectivity index is 1.48. The second-order valence-electron chi connectivity index (χ2n) is 7.54. The largest absolute Gasteiger partial charge is 0.486 e. The average Bonchev–Trinajstić information content (AvgIpc) is 3.19. The molecule has 1 saturated carbocycles. The highest BCUT2D eigenvalue weighted by Crippen LogP contribution is 2.40. The standard InChI is InChI=1S/C23H23ClN2O4S/c24-18-12-16(29-14-21-26-19-8-4-5-9-20(19)31-21)10-11-17(18)23(30-25-13-22(27)28)15-6-2-1-3-7-15/h4-5,8-13,15,23H,1-3,6-7,14H2,(H,27,28)/b25-13-/t23-/m1/s1. The van der Waals surface area contributed by atoms with E-state index in [4.69, 9.17) is 26.3 Å². The number of carbonyl (C=O) groups is 1. The number of oxime groups is 1. The number of aliphatic carboxylic acids is 1. The van der Waals surface area contributed by atoms with Gasteiger partial charge in [0.15, 0.2) is 12.3 Å². The second kappa shape index (κ2) is 10.1. The monoisotopic (exact) mass is 458 g/mol. The first-order chi connectivity index (χ1) is 15.1. The third-order valence-corrected chi connectivity index (χ3v) is 6.73. The summed E-state index contributed by atoms with van der Waals surface area (Å²) in [7, 11) is 0. The highest BCUT2D eigenvalue weighted by Gasteiger charge is 2.29. The zero-order valence-electron chi connectivity index (χ0n) is 16.9. The molecule has 0 spiro atoms. The van der Waals surface area contributed by atoms with E-state index in [9.17, 15) is 4.79 Å². The van der Waals surface area contributed by atoms with Gasteiger partial charge in [-0.3, -0.25) is 0 Å². The van der Waals surface area contributed by atoms with Gasteiger partial charge in [0.1, 0.15) is 17.4 Å². The number of aromatic nitrogens is 1. The van der Waals surface area contributed by atoms with E-state index in [0.717, 1.165) is 52.7 Å². The first-order valence-corrected chi connectivity index (χ1v) is 11.5. The minimum atomic E-state index is -1.15. The maximum Gasteiger partial charge on any atom is 0.350 e. The predicted molar refractivity (Wildman–Crippen MR) is 122 cm³/mol. The molecule has 0 radical (unpaired) electrons. The number of hydrogen-bond donors (Lipinski definition) is 1. The molecule has 4 rings (SSSR count). The van der Waals surface area contributed by atoms with Crippen LogP contribution in [0.4, 0.5) is 0 Å². The predicted octanol–water partition coefficient (Wildman–Crippen LogP) is 6.24. The summed E-state index contributed by atoms with van der Waals surface area (Å²) in [5.41, 5.74) is 1.76. The molecule has 3 aromatic rings. The van der Waals surface area contributed by atoms with Crippen LogP contribution >= 0.6 is 22.9 Å². The number of fused-ring (bicyclic) bond motifs is 1. The van der Waals surface area contributed by atoms with Crippen LogP contribution in [0.5, 0.6) is 5.75 Å². The lowest BCUT2D eigenvalue weighted by Crippen LogP contribution is -2.18. The van der Waals surface area contributed by atoms with Gasteiger partial charge in [-0.05, 0) is 37.1 Å². The maximum absolute atomic E-state index is 10.8. The Hall–Kier alpha value is -2.64. The molecule has 1 fully saturated rings. The fourth-order valence-corrected chi connectivity index (χ4v) is 5.09. The summed E-state index contributed by atoms with van der Waals surface area (Å²) in [6.45, 7) is 0.362. The van der Waals surface area contributed by atoms with Gasteiger partial charge in [0.25, 0.3) is 0 Å². The summed E-state index contributed by atoms with van der Waals surface area (Å²) in [4.78, 5) is 21.0. The molecule has 1 atom stereocenters. The lowest BCUT2D eigenvalue weighted by molar-refractivity contribution is -0.129. The number of benzene rings is 2. The summed E-state index contributed by atoms with van der Waals surface area (Å²) < 4.78 is 7.04. The number of hydrogen-bond acceptors (Lipinski definition) is 6. The van der Waals surface area contributed by atoms with Crippen LogP contribution in [-0.2, 0) is 16.2 Å². The summed E-state index contributed by atoms with van der Waals surface area (Å²) in [6.07, 6.45) is 5.82. The number of para-hydroxylation sites is 1. The highest BCUT2D eigenvalue weighted by molar-refractivity contribution is 7.18. The van der Waals surface area contributed by atoms with E-state index in [1.807, 2.05) is 36.4 Å². The van der Waals surface area contributed by atoms with Crippen LogP contribution in [0, 0.1) is 5.92 Å². The number of nitrogens with zero attached hydrogens (tertiary/aromatic N) is 2. The van der Waals surface area contributed by atoms with Gasteiger partial charge in [0, 0.05) is 11.5 Å². The Bertz CT molecular complexity index is 1050. The minimum absolute atomic E-state index is 0.242. The number of halogens is 1. The van der Waals surface area contributed by atoms with Crippen LogP contribution < -0.4 is 4.74 Å². The molecular formula is C23H23ClN2O4S. The Morgan fingerprint density at radius 2 is 2.06 bits per heavy atom. The highest BCUT2D eigenvalue weighted by atomic mass is 35.5. The van der Waals surface area contributed by atoms with Gasteiger partial charge < -0.3 is 14.7 Å². The smallest absolute Gasteiger partial charge is 0.350 e. The number of carboxylic acid groups (broad SMARTS) is 1. The molecule has 8 heteroatoms. The minimum Gasteiger partial charge on any atom is -0.486 e. The van der Waals surface area contributed by atoms with Crippen molar-refractivity contribution in [2.75, 3.05) is 0 Å². The zero-order chi connectivity index (χ0) is 21.6. The summed E-state index contributed by atoms with van der Waals surface area (Å²) in [5.74, 6) is -0.261. The van der Waals surface area contributed by atoms with Gasteiger partial charge >= 0.3 is 5.97 Å². The van der Waals surface area contributed by atoms with Gasteiger partial charge in [0.2, 0.25) is 0 Å². The summed E-state index contributed by atoms with van der Waals surface area (Å²) >= 11 is 8.20. The molecule has 1 N–H and O–H groups in total. The van der Waals surface area contributed by atoms with Crippen molar-refractivity contribution in [2.45, 2.75) is 44.8 Å². The van der Waals surface area contributed by atoms with Crippen LogP contribution in [-0.4, -0.2) is 22.3 Å². The van der Waals surface area contributed by atoms with Gasteiger partial charge in [0.05, 0.1) is 15.2 Å². The third-order valence-electron chi connectivity index (χ3n) is 5.39. The quantitative estimate of drug-likeness (QED) is 0.319. The topological polar surface area (TPSA) is 81.0 Å². The van der Waals surface area contributed by atoms with Crippen molar-refractivity contribution in [3.8, 4) is 5.75 Å². The van der Waals surface area contributed by atoms with Crippen molar-refractivity contribution >= 4 is 45.3 Å². The van der Waals surface area contributed by atoms with Crippen molar-refractivity contribution in [1.29, 1.82) is 0 Å². The van der Waals surface area contributed by atoms with Crippen LogP contribution in [0.1, 0.15) is 48.8 Å². The molecule has 1 aromatic heterocycles. The first-order valence-electron chi connectivity index (χ1n) is 10.3. The molecule has 1 aliphatic rings. The molecule has 0 saturated heterocycles. The van der Waals surface area contributed by atoms with Gasteiger partial charge in [-0.25, -0.2) is 9.78 Å². The van der Waals surface area contributed by atoms with E-state index in [-0.39, 0.29) is 12.0 Å². The molecule has 1 aliphatic carbocycles. The Kier molecular flexibility index (Phi) is 7.04. The van der Waals surface area contributed by atoms with E-state index < -0.39 is 5.97 Å². The molecular weight excluding hydrogens is 436 g/mol. The summed E-state index contributed by atoms with van der Waals surface area (Å²) in [6, 6.07) is 13.5. The van der Waals surface area contributed by atoms with Crippen LogP contribution in [0.3, 0.4) is 0 Å². The lowest BCUT2D eigenvalue weighted by Gasteiger charge is -2.29. The molecule has 31 heavy (non-hydrogen) atoms. The molecule has 0 aliphatic heterocycles. The molecule has 0 amide bonds. The number of thiazole rings is 1. The SMILES string of the molecule is O=C(O)/C=N\O[C@@H](c1ccc(OCc2nc3ccccc3s2)cc1Cl)C1CCCCC1. The van der Waals surface area contributed by atoms with Crippen molar-refractivity contribution in [3.63, 3.8) is 0 Å². The average molecular weight is 459 g/mol. The van der Waals surface area contributed by atoms with E-state index >= 15 is 0 Å². The van der Waals surface area contributed by atoms with Crippen molar-refractivity contribution in [2.24, 2.45) is 11.1 Å². The van der Waals surface area contributed by atoms with E-state index in [1.165, 1.54) is 6.42 Å². The second-order valence-corrected chi connectivity index (χ2v) is 9.07. The Morgan fingerprint density at radius 3 is 2.81 bits per heavy atom. The zero-order valence-corrected chi connectivity index (χ0v) is 18.4. The molecule has 0 unspecified atom stereocenters. The van der Waals surface area contributed by atoms with Crippen LogP contribution in [0.15, 0.2) is 47.6 Å². The summed E-state index contributed by atoms with van der Waals surface area (Å²) in [5, 5.41) is 13.9. The van der Waals surface area contributed by atoms with Gasteiger partial charge in [-0.2, -0.15) is 0 Å². The van der Waals surface area contributed by atoms with Gasteiger partial charge in [-0.15, -0.1) is 11.3 Å². The van der Waals surface area contributed by atoms with Crippen LogP contribution in [0.2, 0.25) is 5.02 Å². The molecule has 2 aromatic carbocycles. The van der Waals surface area contributed by atoms with E-state index in [2.05, 4.69) is 10.1 Å². The van der Waals surface area contributed by atoms with Gasteiger partial charge in [-0.1, -0.05) is 54.2 Å². The fourth-order valence-electron chi connectivity index (χ4n) is 3.93. The third kappa shape index (κ3) is 5.54. The van der Waals surface area contributed by atoms with E-state index in [0.29, 0.717) is 17.4 Å². The molecule has 162 valence electrons. The van der Waals surface area contributed by atoms with E-state index in [1.54, 1.807) is 17.4 Å². The van der Waals surface area contributed by atoms with Crippen LogP contribution in [0.25, 0.3) is 10.2 Å². The first kappa shape index (κ1) is 21.6. The van der Waals surface area contributed by atoms with Crippen molar-refractivity contribution < 1.29 is 19.5 Å². The lowest BCUT2D eigenvalue weighted by atomic mass is 9.82. The Labute approximate surface area is 189 Å². The molecule has 1 heterocycles. The van der Waals surface area contributed by atoms with Crippen molar-refractivity contribution in [1.82, 2.24) is 4.98 Å². The fraction of sp³-hybridized carbons (Fsp3) is 0.348. The number of ether oxygens (including phenoxy) is 1. The number of carboxylic acids is 1. The molecule has 0 bridgehead atoms. The molecule has 6 nitrogen and oxygen atoms in total. The Morgan fingerprint density at radius 1 is 1.26 bits per heavy atom.